The van der Waals surface area contributed by atoms with Gasteiger partial charge in [-0.15, -0.1) is 11.8 Å². The van der Waals surface area contributed by atoms with E-state index in [-0.39, 0.29) is 0 Å². The number of benzene rings is 2. The van der Waals surface area contributed by atoms with E-state index in [4.69, 9.17) is 18.0 Å². The molecule has 2 aromatic carbocycles. The Balaban J connectivity index is 1.96. The molecule has 0 saturated carbocycles. The maximum atomic E-state index is 5.91. The van der Waals surface area contributed by atoms with Crippen LogP contribution in [0.3, 0.4) is 0 Å². The van der Waals surface area contributed by atoms with Crippen LogP contribution in [0.4, 0.5) is 11.4 Å². The molecular weight excluding hydrogens is 296 g/mol. The third kappa shape index (κ3) is 2.92. The molecule has 0 heterocycles. The van der Waals surface area contributed by atoms with E-state index in [9.17, 15) is 0 Å². The Kier molecular flexibility index (Phi) is 4.17. The lowest BCUT2D eigenvalue weighted by molar-refractivity contribution is 0.912. The SMILES string of the molecule is CSc1cccc(Nc2ccc3c(c2)CCC3)c1C(N)=S. The van der Waals surface area contributed by atoms with Crippen molar-refractivity contribution >= 4 is 40.3 Å². The van der Waals surface area contributed by atoms with E-state index >= 15 is 0 Å². The Morgan fingerprint density at radius 1 is 1.19 bits per heavy atom. The van der Waals surface area contributed by atoms with Gasteiger partial charge >= 0.3 is 0 Å². The highest BCUT2D eigenvalue weighted by Gasteiger charge is 2.13. The summed E-state index contributed by atoms with van der Waals surface area (Å²) in [5, 5.41) is 3.48. The lowest BCUT2D eigenvalue weighted by atomic mass is 10.1. The van der Waals surface area contributed by atoms with Gasteiger partial charge in [0.1, 0.15) is 4.99 Å². The Hall–Kier alpha value is -1.52. The largest absolute Gasteiger partial charge is 0.389 e. The molecular formula is C17H18N2S2. The average molecular weight is 314 g/mol. The van der Waals surface area contributed by atoms with E-state index < -0.39 is 0 Å². The second-order valence-corrected chi connectivity index (χ2v) is 6.50. The van der Waals surface area contributed by atoms with Crippen LogP contribution in [-0.4, -0.2) is 11.2 Å². The molecule has 0 aliphatic heterocycles. The topological polar surface area (TPSA) is 38.0 Å². The molecule has 1 aliphatic rings. The molecule has 0 amide bonds. The van der Waals surface area contributed by atoms with Crippen molar-refractivity contribution in [1.82, 2.24) is 0 Å². The normalized spacial score (nSPS) is 13.0. The van der Waals surface area contributed by atoms with Gasteiger partial charge in [0.2, 0.25) is 0 Å². The second-order valence-electron chi connectivity index (χ2n) is 5.21. The Labute approximate surface area is 135 Å². The zero-order valence-corrected chi connectivity index (χ0v) is 13.6. The Morgan fingerprint density at radius 2 is 2.00 bits per heavy atom. The number of fused-ring (bicyclic) bond motifs is 1. The summed E-state index contributed by atoms with van der Waals surface area (Å²) in [4.78, 5) is 1.54. The number of hydrogen-bond acceptors (Lipinski definition) is 3. The quantitative estimate of drug-likeness (QED) is 0.653. The summed E-state index contributed by atoms with van der Waals surface area (Å²) in [6, 6.07) is 12.7. The first-order valence-corrected chi connectivity index (χ1v) is 8.68. The maximum absolute atomic E-state index is 5.91. The number of nitrogens with two attached hydrogens (primary N) is 1. The summed E-state index contributed by atoms with van der Waals surface area (Å²) in [6.45, 7) is 0. The number of rotatable bonds is 4. The minimum Gasteiger partial charge on any atom is -0.389 e. The van der Waals surface area contributed by atoms with Gasteiger partial charge in [0.05, 0.1) is 0 Å². The molecule has 0 unspecified atom stereocenters. The van der Waals surface area contributed by atoms with E-state index in [0.717, 1.165) is 21.8 Å². The number of aryl methyl sites for hydroxylation is 2. The molecule has 2 aromatic rings. The van der Waals surface area contributed by atoms with Crippen LogP contribution in [-0.2, 0) is 12.8 Å². The van der Waals surface area contributed by atoms with E-state index in [1.54, 1.807) is 11.8 Å². The summed E-state index contributed by atoms with van der Waals surface area (Å²) >= 11 is 6.88. The molecule has 0 fully saturated rings. The van der Waals surface area contributed by atoms with Crippen molar-refractivity contribution in [3.63, 3.8) is 0 Å². The fraction of sp³-hybridized carbons (Fsp3) is 0.235. The zero-order valence-electron chi connectivity index (χ0n) is 12.0. The molecule has 0 saturated heterocycles. The van der Waals surface area contributed by atoms with Gasteiger partial charge in [-0.05, 0) is 60.9 Å². The van der Waals surface area contributed by atoms with Crippen molar-refractivity contribution in [2.24, 2.45) is 5.73 Å². The summed E-state index contributed by atoms with van der Waals surface area (Å²) in [7, 11) is 0. The Bertz CT molecular complexity index is 695. The van der Waals surface area contributed by atoms with Crippen molar-refractivity contribution in [3.05, 3.63) is 53.1 Å². The summed E-state index contributed by atoms with van der Waals surface area (Å²) in [6.07, 6.45) is 5.68. The molecule has 0 atom stereocenters. The fourth-order valence-corrected chi connectivity index (χ4v) is 3.79. The highest BCUT2D eigenvalue weighted by atomic mass is 32.2. The second kappa shape index (κ2) is 6.08. The minimum absolute atomic E-state index is 0.434. The molecule has 0 radical (unpaired) electrons. The molecule has 3 rings (SSSR count). The minimum atomic E-state index is 0.434. The van der Waals surface area contributed by atoms with Gasteiger partial charge in [0, 0.05) is 21.8 Å². The molecule has 0 aromatic heterocycles. The summed E-state index contributed by atoms with van der Waals surface area (Å²) in [5.74, 6) is 0. The number of thiocarbonyl (C=S) groups is 1. The highest BCUT2D eigenvalue weighted by molar-refractivity contribution is 7.98. The molecule has 21 heavy (non-hydrogen) atoms. The first kappa shape index (κ1) is 14.4. The molecule has 1 aliphatic carbocycles. The third-order valence-electron chi connectivity index (χ3n) is 3.87. The van der Waals surface area contributed by atoms with Gasteiger partial charge < -0.3 is 11.1 Å². The van der Waals surface area contributed by atoms with Crippen LogP contribution in [0, 0.1) is 0 Å². The summed E-state index contributed by atoms with van der Waals surface area (Å²) < 4.78 is 0. The number of anilines is 2. The van der Waals surface area contributed by atoms with Gasteiger partial charge in [-0.1, -0.05) is 24.4 Å². The van der Waals surface area contributed by atoms with Crippen molar-refractivity contribution in [1.29, 1.82) is 0 Å². The van der Waals surface area contributed by atoms with Crippen LogP contribution in [0.1, 0.15) is 23.1 Å². The van der Waals surface area contributed by atoms with Crippen LogP contribution in [0.25, 0.3) is 0 Å². The first-order valence-electron chi connectivity index (χ1n) is 7.04. The smallest absolute Gasteiger partial charge is 0.107 e. The van der Waals surface area contributed by atoms with E-state index in [0.29, 0.717) is 4.99 Å². The van der Waals surface area contributed by atoms with Crippen LogP contribution < -0.4 is 11.1 Å². The maximum Gasteiger partial charge on any atom is 0.107 e. The van der Waals surface area contributed by atoms with Gasteiger partial charge in [0.25, 0.3) is 0 Å². The first-order chi connectivity index (χ1) is 10.2. The van der Waals surface area contributed by atoms with Gasteiger partial charge in [-0.2, -0.15) is 0 Å². The summed E-state index contributed by atoms with van der Waals surface area (Å²) in [5.41, 5.74) is 11.9. The highest BCUT2D eigenvalue weighted by Crippen LogP contribution is 2.31. The molecule has 108 valence electrons. The zero-order chi connectivity index (χ0) is 14.8. The Morgan fingerprint density at radius 3 is 2.76 bits per heavy atom. The molecule has 0 bridgehead atoms. The van der Waals surface area contributed by atoms with Gasteiger partial charge in [0.15, 0.2) is 0 Å². The van der Waals surface area contributed by atoms with E-state index in [1.165, 1.54) is 30.4 Å². The van der Waals surface area contributed by atoms with Crippen molar-refractivity contribution < 1.29 is 0 Å². The molecule has 0 spiro atoms. The lowest BCUT2D eigenvalue weighted by Gasteiger charge is -2.15. The predicted molar refractivity (Wildman–Crippen MR) is 95.9 cm³/mol. The monoisotopic (exact) mass is 314 g/mol. The fourth-order valence-electron chi connectivity index (χ4n) is 2.86. The van der Waals surface area contributed by atoms with Crippen LogP contribution in [0.5, 0.6) is 0 Å². The number of nitrogens with one attached hydrogen (secondary N) is 1. The number of hydrogen-bond donors (Lipinski definition) is 2. The predicted octanol–water partition coefficient (Wildman–Crippen LogP) is 4.28. The molecule has 3 N–H and O–H groups in total. The van der Waals surface area contributed by atoms with Crippen molar-refractivity contribution in [2.45, 2.75) is 24.2 Å². The van der Waals surface area contributed by atoms with Crippen molar-refractivity contribution in [3.8, 4) is 0 Å². The third-order valence-corrected chi connectivity index (χ3v) is 4.85. The van der Waals surface area contributed by atoms with Gasteiger partial charge in [-0.3, -0.25) is 0 Å². The average Bonchev–Trinajstić information content (AvgIpc) is 2.94. The molecule has 4 heteroatoms. The van der Waals surface area contributed by atoms with Gasteiger partial charge in [-0.25, -0.2) is 0 Å². The van der Waals surface area contributed by atoms with E-state index in [2.05, 4.69) is 23.5 Å². The number of thioether (sulfide) groups is 1. The van der Waals surface area contributed by atoms with Crippen LogP contribution >= 0.6 is 24.0 Å². The standard InChI is InChI=1S/C17H18N2S2/c1-21-15-7-3-6-14(16(15)17(18)20)19-13-9-8-11-4-2-5-12(11)10-13/h3,6-10,19H,2,4-5H2,1H3,(H2,18,20). The van der Waals surface area contributed by atoms with Crippen LogP contribution in [0.15, 0.2) is 41.3 Å². The van der Waals surface area contributed by atoms with Crippen molar-refractivity contribution in [2.75, 3.05) is 11.6 Å². The lowest BCUT2D eigenvalue weighted by Crippen LogP contribution is -2.13. The van der Waals surface area contributed by atoms with Crippen LogP contribution in [0.2, 0.25) is 0 Å². The van der Waals surface area contributed by atoms with E-state index in [1.807, 2.05) is 24.5 Å². The molecule has 2 nitrogen and oxygen atoms in total.